The fraction of sp³-hybridized carbons (Fsp3) is 0.714. The fourth-order valence-electron chi connectivity index (χ4n) is 0.503. The van der Waals surface area contributed by atoms with E-state index >= 15 is 0 Å². The minimum absolute atomic E-state index is 0.428. The SMILES string of the molecule is C#CCCCC(F)CBr. The van der Waals surface area contributed by atoms with Gasteiger partial charge in [-0.1, -0.05) is 15.9 Å². The van der Waals surface area contributed by atoms with Crippen LogP contribution in [-0.2, 0) is 0 Å². The van der Waals surface area contributed by atoms with Gasteiger partial charge in [-0.05, 0) is 12.8 Å². The number of hydrogen-bond acceptors (Lipinski definition) is 0. The molecule has 9 heavy (non-hydrogen) atoms. The number of alkyl halides is 2. The minimum atomic E-state index is -0.724. The second-order valence-electron chi connectivity index (χ2n) is 1.85. The summed E-state index contributed by atoms with van der Waals surface area (Å²) in [6.45, 7) is 0. The molecule has 0 N–H and O–H groups in total. The second kappa shape index (κ2) is 6.10. The Bertz CT molecular complexity index is 95.6. The third kappa shape index (κ3) is 5.85. The molecule has 0 aromatic rings. The topological polar surface area (TPSA) is 0 Å². The smallest absolute Gasteiger partial charge is 0.110 e. The van der Waals surface area contributed by atoms with Crippen molar-refractivity contribution in [3.05, 3.63) is 0 Å². The van der Waals surface area contributed by atoms with Crippen molar-refractivity contribution in [3.8, 4) is 12.3 Å². The van der Waals surface area contributed by atoms with Crippen LogP contribution in [0.25, 0.3) is 0 Å². The van der Waals surface area contributed by atoms with E-state index < -0.39 is 6.17 Å². The summed E-state index contributed by atoms with van der Waals surface area (Å²) in [5, 5.41) is 0.428. The molecular weight excluding hydrogens is 183 g/mol. The average Bonchev–Trinajstić information content (AvgIpc) is 1.89. The van der Waals surface area contributed by atoms with Gasteiger partial charge in [0.25, 0.3) is 0 Å². The monoisotopic (exact) mass is 192 g/mol. The highest BCUT2D eigenvalue weighted by Crippen LogP contribution is 2.06. The lowest BCUT2D eigenvalue weighted by Gasteiger charge is -1.99. The molecule has 52 valence electrons. The standard InChI is InChI=1S/C7H10BrF/c1-2-3-4-5-7(9)6-8/h1,7H,3-6H2. The van der Waals surface area contributed by atoms with Gasteiger partial charge in [0, 0.05) is 11.8 Å². The Morgan fingerprint density at radius 2 is 2.33 bits per heavy atom. The van der Waals surface area contributed by atoms with Gasteiger partial charge in [0.05, 0.1) is 0 Å². The van der Waals surface area contributed by atoms with Crippen LogP contribution < -0.4 is 0 Å². The van der Waals surface area contributed by atoms with Crippen LogP contribution in [0.5, 0.6) is 0 Å². The van der Waals surface area contributed by atoms with Crippen LogP contribution in [0.1, 0.15) is 19.3 Å². The number of rotatable bonds is 4. The van der Waals surface area contributed by atoms with Gasteiger partial charge in [0.2, 0.25) is 0 Å². The zero-order valence-electron chi connectivity index (χ0n) is 5.24. The lowest BCUT2D eigenvalue weighted by Crippen LogP contribution is -1.99. The Balaban J connectivity index is 2.99. The highest BCUT2D eigenvalue weighted by Gasteiger charge is 2.01. The molecule has 0 nitrogen and oxygen atoms in total. The number of halogens is 2. The summed E-state index contributed by atoms with van der Waals surface area (Å²) >= 11 is 3.04. The molecule has 2 heteroatoms. The first-order valence-corrected chi connectivity index (χ1v) is 4.07. The molecule has 0 rings (SSSR count). The van der Waals surface area contributed by atoms with Gasteiger partial charge >= 0.3 is 0 Å². The molecule has 0 aliphatic rings. The van der Waals surface area contributed by atoms with Gasteiger partial charge < -0.3 is 0 Å². The Kier molecular flexibility index (Phi) is 6.08. The highest BCUT2D eigenvalue weighted by atomic mass is 79.9. The van der Waals surface area contributed by atoms with Crippen LogP contribution in [-0.4, -0.2) is 11.5 Å². The van der Waals surface area contributed by atoms with Crippen LogP contribution >= 0.6 is 15.9 Å². The molecular formula is C7H10BrF. The summed E-state index contributed by atoms with van der Waals surface area (Å²) in [6.07, 6.45) is 6.31. The maximum atomic E-state index is 12.3. The molecule has 0 fully saturated rings. The minimum Gasteiger partial charge on any atom is -0.247 e. The molecule has 1 atom stereocenters. The molecule has 0 aromatic heterocycles. The maximum Gasteiger partial charge on any atom is 0.110 e. The quantitative estimate of drug-likeness (QED) is 0.365. The van der Waals surface area contributed by atoms with Gasteiger partial charge in [0.1, 0.15) is 6.17 Å². The number of terminal acetylenes is 1. The van der Waals surface area contributed by atoms with Crippen LogP contribution in [0.4, 0.5) is 4.39 Å². The summed E-state index contributed by atoms with van der Waals surface area (Å²) in [6, 6.07) is 0. The number of unbranched alkanes of at least 4 members (excludes halogenated alkanes) is 1. The average molecular weight is 193 g/mol. The van der Waals surface area contributed by atoms with E-state index in [-0.39, 0.29) is 0 Å². The Morgan fingerprint density at radius 3 is 2.78 bits per heavy atom. The Morgan fingerprint density at radius 1 is 1.67 bits per heavy atom. The van der Waals surface area contributed by atoms with Crippen LogP contribution in [0, 0.1) is 12.3 Å². The van der Waals surface area contributed by atoms with E-state index in [0.29, 0.717) is 18.2 Å². The summed E-state index contributed by atoms with van der Waals surface area (Å²) in [4.78, 5) is 0. The first-order chi connectivity index (χ1) is 4.31. The van der Waals surface area contributed by atoms with Crippen molar-refractivity contribution in [2.24, 2.45) is 0 Å². The fourth-order valence-corrected chi connectivity index (χ4v) is 0.827. The first kappa shape index (κ1) is 8.97. The molecule has 0 aromatic carbocycles. The molecule has 1 unspecified atom stereocenters. The first-order valence-electron chi connectivity index (χ1n) is 2.94. The normalized spacial score (nSPS) is 12.6. The van der Waals surface area contributed by atoms with Gasteiger partial charge in [-0.2, -0.15) is 0 Å². The molecule has 0 radical (unpaired) electrons. The molecule has 0 spiro atoms. The van der Waals surface area contributed by atoms with Crippen molar-refractivity contribution >= 4 is 15.9 Å². The predicted octanol–water partition coefficient (Wildman–Crippen LogP) is 2.52. The summed E-state index contributed by atoms with van der Waals surface area (Å²) in [7, 11) is 0. The third-order valence-electron chi connectivity index (χ3n) is 1.01. The van der Waals surface area contributed by atoms with E-state index in [1.165, 1.54) is 0 Å². The summed E-state index contributed by atoms with van der Waals surface area (Å²) in [5.41, 5.74) is 0. The van der Waals surface area contributed by atoms with Gasteiger partial charge in [0.15, 0.2) is 0 Å². The molecule has 0 aliphatic carbocycles. The van der Waals surface area contributed by atoms with E-state index in [9.17, 15) is 4.39 Å². The van der Waals surface area contributed by atoms with E-state index in [1.54, 1.807) is 0 Å². The lowest BCUT2D eigenvalue weighted by molar-refractivity contribution is 0.343. The van der Waals surface area contributed by atoms with Gasteiger partial charge in [-0.15, -0.1) is 12.3 Å². The maximum absolute atomic E-state index is 12.3. The zero-order chi connectivity index (χ0) is 7.11. The Labute approximate surface area is 64.0 Å². The predicted molar refractivity (Wildman–Crippen MR) is 41.4 cm³/mol. The van der Waals surface area contributed by atoms with Crippen LogP contribution in [0.15, 0.2) is 0 Å². The largest absolute Gasteiger partial charge is 0.247 e. The van der Waals surface area contributed by atoms with Crippen molar-refractivity contribution in [3.63, 3.8) is 0 Å². The highest BCUT2D eigenvalue weighted by molar-refractivity contribution is 9.09. The summed E-state index contributed by atoms with van der Waals surface area (Å²) in [5.74, 6) is 2.47. The van der Waals surface area contributed by atoms with Crippen molar-refractivity contribution in [2.45, 2.75) is 25.4 Å². The molecule has 0 saturated heterocycles. The van der Waals surface area contributed by atoms with E-state index in [0.717, 1.165) is 6.42 Å². The van der Waals surface area contributed by atoms with Crippen molar-refractivity contribution < 1.29 is 4.39 Å². The van der Waals surface area contributed by atoms with E-state index in [1.807, 2.05) is 0 Å². The van der Waals surface area contributed by atoms with Gasteiger partial charge in [-0.3, -0.25) is 0 Å². The van der Waals surface area contributed by atoms with E-state index in [2.05, 4.69) is 21.9 Å². The van der Waals surface area contributed by atoms with Crippen molar-refractivity contribution in [1.82, 2.24) is 0 Å². The number of hydrogen-bond donors (Lipinski definition) is 0. The molecule has 0 bridgehead atoms. The summed E-state index contributed by atoms with van der Waals surface area (Å²) < 4.78 is 12.3. The van der Waals surface area contributed by atoms with Crippen molar-refractivity contribution in [1.29, 1.82) is 0 Å². The lowest BCUT2D eigenvalue weighted by atomic mass is 10.2. The Hall–Kier alpha value is -0.0300. The molecule has 0 heterocycles. The van der Waals surface area contributed by atoms with E-state index in [4.69, 9.17) is 6.42 Å². The zero-order valence-corrected chi connectivity index (χ0v) is 6.83. The second-order valence-corrected chi connectivity index (χ2v) is 2.50. The third-order valence-corrected chi connectivity index (χ3v) is 1.71. The molecule has 0 saturated carbocycles. The van der Waals surface area contributed by atoms with Crippen LogP contribution in [0.3, 0.4) is 0 Å². The van der Waals surface area contributed by atoms with Gasteiger partial charge in [-0.25, -0.2) is 4.39 Å². The van der Waals surface area contributed by atoms with Crippen LogP contribution in [0.2, 0.25) is 0 Å². The molecule has 0 amide bonds. The van der Waals surface area contributed by atoms with Crippen molar-refractivity contribution in [2.75, 3.05) is 5.33 Å². The molecule has 0 aliphatic heterocycles.